The van der Waals surface area contributed by atoms with E-state index in [1.807, 2.05) is 24.3 Å². The average molecular weight is 438 g/mol. The number of fused-ring (bicyclic) bond motifs is 1. The number of aromatic nitrogens is 1. The smallest absolute Gasteiger partial charge is 0.256 e. The van der Waals surface area contributed by atoms with E-state index >= 15 is 0 Å². The van der Waals surface area contributed by atoms with Crippen molar-refractivity contribution in [3.05, 3.63) is 53.7 Å². The molecule has 0 radical (unpaired) electrons. The highest BCUT2D eigenvalue weighted by Crippen LogP contribution is 2.30. The maximum Gasteiger partial charge on any atom is 0.256 e. The third-order valence-electron chi connectivity index (χ3n) is 6.10. The number of methoxy groups -OCH3 is 1. The normalized spacial score (nSPS) is 21.1. The molecule has 4 rings (SSSR count). The molecule has 3 heterocycles. The van der Waals surface area contributed by atoms with Gasteiger partial charge in [0.1, 0.15) is 23.3 Å². The number of rotatable bonds is 5. The minimum atomic E-state index is -0.762. The molecule has 0 aliphatic carbocycles. The topological polar surface area (TPSA) is 113 Å². The first-order valence-electron chi connectivity index (χ1n) is 10.7. The number of nitrogens with one attached hydrogen (secondary N) is 3. The van der Waals surface area contributed by atoms with E-state index in [1.54, 1.807) is 37.3 Å². The van der Waals surface area contributed by atoms with Gasteiger partial charge in [-0.25, -0.2) is 4.98 Å². The predicted molar refractivity (Wildman–Crippen MR) is 118 cm³/mol. The van der Waals surface area contributed by atoms with Gasteiger partial charge in [-0.05, 0) is 43.2 Å². The SMILES string of the molecule is COc1ccc(CNC(=O)C(C)N2CCC3(CCC2=O)NC(=O)c2cccnc2N3)cc1. The molecular weight excluding hydrogens is 410 g/mol. The molecule has 1 aromatic heterocycles. The number of anilines is 1. The molecule has 2 aliphatic rings. The van der Waals surface area contributed by atoms with Crippen LogP contribution in [0.15, 0.2) is 42.6 Å². The Kier molecular flexibility index (Phi) is 5.98. The van der Waals surface area contributed by atoms with E-state index in [4.69, 9.17) is 4.74 Å². The molecule has 3 N–H and O–H groups in total. The van der Waals surface area contributed by atoms with Gasteiger partial charge in [0.25, 0.3) is 5.91 Å². The van der Waals surface area contributed by atoms with Crippen molar-refractivity contribution >= 4 is 23.5 Å². The monoisotopic (exact) mass is 437 g/mol. The Morgan fingerprint density at radius 3 is 2.75 bits per heavy atom. The second-order valence-corrected chi connectivity index (χ2v) is 8.14. The van der Waals surface area contributed by atoms with Crippen LogP contribution in [0.3, 0.4) is 0 Å². The van der Waals surface area contributed by atoms with Crippen molar-refractivity contribution in [1.29, 1.82) is 0 Å². The molecule has 0 bridgehead atoms. The summed E-state index contributed by atoms with van der Waals surface area (Å²) in [4.78, 5) is 44.0. The highest BCUT2D eigenvalue weighted by molar-refractivity contribution is 6.01. The lowest BCUT2D eigenvalue weighted by Gasteiger charge is -2.39. The van der Waals surface area contributed by atoms with Gasteiger partial charge in [-0.3, -0.25) is 14.4 Å². The fourth-order valence-electron chi connectivity index (χ4n) is 4.14. The van der Waals surface area contributed by atoms with Crippen LogP contribution in [-0.4, -0.2) is 53.0 Å². The Hall–Kier alpha value is -3.62. The van der Waals surface area contributed by atoms with Crippen LogP contribution in [0.2, 0.25) is 0 Å². The Labute approximate surface area is 186 Å². The Morgan fingerprint density at radius 2 is 2.00 bits per heavy atom. The van der Waals surface area contributed by atoms with Crippen molar-refractivity contribution in [2.75, 3.05) is 19.0 Å². The zero-order chi connectivity index (χ0) is 22.7. The summed E-state index contributed by atoms with van der Waals surface area (Å²) in [6.07, 6.45) is 2.73. The summed E-state index contributed by atoms with van der Waals surface area (Å²) >= 11 is 0. The van der Waals surface area contributed by atoms with E-state index in [2.05, 4.69) is 20.9 Å². The van der Waals surface area contributed by atoms with Gasteiger partial charge in [-0.2, -0.15) is 0 Å². The van der Waals surface area contributed by atoms with E-state index < -0.39 is 11.7 Å². The summed E-state index contributed by atoms with van der Waals surface area (Å²) in [6.45, 7) is 2.42. The van der Waals surface area contributed by atoms with E-state index in [1.165, 1.54) is 0 Å². The van der Waals surface area contributed by atoms with E-state index in [0.29, 0.717) is 37.3 Å². The number of nitrogens with zero attached hydrogens (tertiary/aromatic N) is 2. The molecule has 1 saturated heterocycles. The highest BCUT2D eigenvalue weighted by atomic mass is 16.5. The first-order valence-corrected chi connectivity index (χ1v) is 10.7. The number of carbonyl (C=O) groups is 3. The first kappa shape index (κ1) is 21.6. The van der Waals surface area contributed by atoms with E-state index in [9.17, 15) is 14.4 Å². The summed E-state index contributed by atoms with van der Waals surface area (Å²) in [5.74, 6) is 0.717. The van der Waals surface area contributed by atoms with Gasteiger partial charge in [0.05, 0.1) is 12.7 Å². The summed E-state index contributed by atoms with van der Waals surface area (Å²) < 4.78 is 5.14. The Balaban J connectivity index is 1.39. The van der Waals surface area contributed by atoms with Gasteiger partial charge in [-0.1, -0.05) is 12.1 Å². The second-order valence-electron chi connectivity index (χ2n) is 8.14. The van der Waals surface area contributed by atoms with Gasteiger partial charge in [0.15, 0.2) is 0 Å². The van der Waals surface area contributed by atoms with Crippen LogP contribution in [0.1, 0.15) is 42.1 Å². The minimum absolute atomic E-state index is 0.114. The minimum Gasteiger partial charge on any atom is -0.497 e. The van der Waals surface area contributed by atoms with Crippen LogP contribution in [-0.2, 0) is 16.1 Å². The van der Waals surface area contributed by atoms with Crippen molar-refractivity contribution in [3.8, 4) is 5.75 Å². The maximum absolute atomic E-state index is 12.8. The van der Waals surface area contributed by atoms with Crippen molar-refractivity contribution in [2.45, 2.75) is 44.4 Å². The highest BCUT2D eigenvalue weighted by Gasteiger charge is 2.42. The number of ether oxygens (including phenoxy) is 1. The predicted octanol–water partition coefficient (Wildman–Crippen LogP) is 1.66. The molecule has 2 aliphatic heterocycles. The number of hydrogen-bond donors (Lipinski definition) is 3. The van der Waals surface area contributed by atoms with Crippen molar-refractivity contribution < 1.29 is 19.1 Å². The molecule has 32 heavy (non-hydrogen) atoms. The molecule has 1 fully saturated rings. The van der Waals surface area contributed by atoms with Gasteiger partial charge >= 0.3 is 0 Å². The van der Waals surface area contributed by atoms with Crippen LogP contribution in [0.25, 0.3) is 0 Å². The number of pyridine rings is 1. The molecule has 1 aromatic carbocycles. The number of likely N-dealkylation sites (tertiary alicyclic amines) is 1. The molecule has 9 nitrogen and oxygen atoms in total. The van der Waals surface area contributed by atoms with Crippen LogP contribution in [0.5, 0.6) is 5.75 Å². The Morgan fingerprint density at radius 1 is 1.22 bits per heavy atom. The van der Waals surface area contributed by atoms with E-state index in [-0.39, 0.29) is 24.1 Å². The van der Waals surface area contributed by atoms with Gasteiger partial charge in [0.2, 0.25) is 11.8 Å². The third kappa shape index (κ3) is 4.37. The zero-order valence-corrected chi connectivity index (χ0v) is 18.2. The van der Waals surface area contributed by atoms with Crippen LogP contribution in [0, 0.1) is 0 Å². The third-order valence-corrected chi connectivity index (χ3v) is 6.10. The fourth-order valence-corrected chi connectivity index (χ4v) is 4.14. The number of carbonyl (C=O) groups excluding carboxylic acids is 3. The Bertz CT molecular complexity index is 1030. The lowest BCUT2D eigenvalue weighted by atomic mass is 9.97. The molecule has 9 heteroatoms. The lowest BCUT2D eigenvalue weighted by molar-refractivity contribution is -0.139. The number of amides is 3. The molecule has 2 atom stereocenters. The summed E-state index contributed by atoms with van der Waals surface area (Å²) in [6, 6.07) is 10.2. The van der Waals surface area contributed by atoms with Crippen molar-refractivity contribution in [2.24, 2.45) is 0 Å². The van der Waals surface area contributed by atoms with Gasteiger partial charge in [0, 0.05) is 32.1 Å². The quantitative estimate of drug-likeness (QED) is 0.656. The number of benzene rings is 1. The summed E-state index contributed by atoms with van der Waals surface area (Å²) in [7, 11) is 1.60. The first-order chi connectivity index (χ1) is 15.4. The van der Waals surface area contributed by atoms with Crippen molar-refractivity contribution in [1.82, 2.24) is 20.5 Å². The lowest BCUT2D eigenvalue weighted by Crippen LogP contribution is -2.58. The molecule has 168 valence electrons. The van der Waals surface area contributed by atoms with Crippen LogP contribution in [0.4, 0.5) is 5.82 Å². The average Bonchev–Trinajstić information content (AvgIpc) is 2.96. The summed E-state index contributed by atoms with van der Waals surface area (Å²) in [5.41, 5.74) is 0.659. The second kappa shape index (κ2) is 8.86. The standard InChI is InChI=1S/C23H27N5O4/c1-15(21(30)25-14-16-5-7-17(32-2)8-6-16)28-13-11-23(10-9-19(28)29)26-20-18(22(31)27-23)4-3-12-24-20/h3-8,12,15H,9-11,13-14H2,1-2H3,(H,24,26)(H,25,30)(H,27,31). The van der Waals surface area contributed by atoms with Gasteiger partial charge in [-0.15, -0.1) is 0 Å². The fraction of sp³-hybridized carbons (Fsp3) is 0.391. The molecule has 2 unspecified atom stereocenters. The zero-order valence-electron chi connectivity index (χ0n) is 18.2. The van der Waals surface area contributed by atoms with Crippen LogP contribution < -0.4 is 20.7 Å². The molecule has 1 spiro atoms. The largest absolute Gasteiger partial charge is 0.497 e. The molecule has 2 aromatic rings. The van der Waals surface area contributed by atoms with Crippen molar-refractivity contribution in [3.63, 3.8) is 0 Å². The van der Waals surface area contributed by atoms with Gasteiger partial charge < -0.3 is 25.6 Å². The molecule has 0 saturated carbocycles. The van der Waals surface area contributed by atoms with Crippen LogP contribution >= 0.6 is 0 Å². The summed E-state index contributed by atoms with van der Waals surface area (Å²) in [5, 5.41) is 9.23. The maximum atomic E-state index is 12.8. The molecule has 3 amide bonds. The molecular formula is C23H27N5O4. The van der Waals surface area contributed by atoms with E-state index in [0.717, 1.165) is 11.3 Å². The number of hydrogen-bond acceptors (Lipinski definition) is 6.